The van der Waals surface area contributed by atoms with Crippen LogP contribution in [0.5, 0.6) is 0 Å². The van der Waals surface area contributed by atoms with E-state index in [9.17, 15) is 4.79 Å². The molecule has 6 nitrogen and oxygen atoms in total. The molecule has 0 unspecified atom stereocenters. The van der Waals surface area contributed by atoms with E-state index in [1.165, 1.54) is 0 Å². The first-order valence-corrected chi connectivity index (χ1v) is 6.35. The smallest absolute Gasteiger partial charge is 0.282 e. The number of nitrogens with zero attached hydrogens (tertiary/aromatic N) is 2. The number of hydrogen-bond donors (Lipinski definition) is 2. The van der Waals surface area contributed by atoms with Gasteiger partial charge in [-0.3, -0.25) is 10.2 Å². The highest BCUT2D eigenvalue weighted by atomic mass is 16.5. The van der Waals surface area contributed by atoms with Crippen molar-refractivity contribution in [3.63, 3.8) is 0 Å². The van der Waals surface area contributed by atoms with E-state index in [0.717, 1.165) is 25.9 Å². The topological polar surface area (TPSA) is 72.5 Å². The Morgan fingerprint density at radius 1 is 1.39 bits per heavy atom. The largest absolute Gasteiger partial charge is 0.397 e. The lowest BCUT2D eigenvalue weighted by Crippen LogP contribution is -2.48. The Hall–Kier alpha value is -1.53. The van der Waals surface area contributed by atoms with Crippen LogP contribution in [0.1, 0.15) is 29.4 Å². The number of hydrogen-bond acceptors (Lipinski definition) is 4. The summed E-state index contributed by atoms with van der Waals surface area (Å²) in [7, 11) is 0. The molecule has 1 aliphatic heterocycles. The number of nitrogens with two attached hydrogens (primary N) is 1. The fourth-order valence-corrected chi connectivity index (χ4v) is 2.21. The fourth-order valence-electron chi connectivity index (χ4n) is 2.21. The summed E-state index contributed by atoms with van der Waals surface area (Å²) in [6, 6.07) is 2.20. The Morgan fingerprint density at radius 3 is 2.78 bits per heavy atom. The molecule has 3 rings (SSSR count). The third-order valence-electron chi connectivity index (χ3n) is 3.31. The summed E-state index contributed by atoms with van der Waals surface area (Å²) in [4.78, 5) is 12.2. The van der Waals surface area contributed by atoms with E-state index >= 15 is 0 Å². The van der Waals surface area contributed by atoms with Crippen LogP contribution in [0.15, 0.2) is 12.3 Å². The van der Waals surface area contributed by atoms with Crippen LogP contribution in [0.25, 0.3) is 0 Å². The third-order valence-corrected chi connectivity index (χ3v) is 3.31. The molecule has 2 fully saturated rings. The minimum absolute atomic E-state index is 0.0829. The van der Waals surface area contributed by atoms with Crippen LogP contribution < -0.4 is 11.2 Å². The van der Waals surface area contributed by atoms with E-state index in [1.807, 2.05) is 15.8 Å². The highest BCUT2D eigenvalue weighted by Gasteiger charge is 2.28. The number of ether oxygens (including phenoxy) is 1. The average molecular weight is 250 g/mol. The van der Waals surface area contributed by atoms with E-state index < -0.39 is 0 Å². The van der Waals surface area contributed by atoms with E-state index in [2.05, 4.69) is 5.43 Å². The molecule has 6 heteroatoms. The molecular formula is C12H18N4O2. The van der Waals surface area contributed by atoms with E-state index in [-0.39, 0.29) is 5.91 Å². The summed E-state index contributed by atoms with van der Waals surface area (Å²) < 4.78 is 7.24. The average Bonchev–Trinajstić information content (AvgIpc) is 3.13. The van der Waals surface area contributed by atoms with Crippen molar-refractivity contribution in [3.8, 4) is 0 Å². The molecular weight excluding hydrogens is 232 g/mol. The molecule has 1 saturated heterocycles. The number of anilines is 1. The number of nitrogens with one attached hydrogen (secondary N) is 1. The number of carbonyl (C=O) groups is 1. The van der Waals surface area contributed by atoms with Crippen LogP contribution in [0.3, 0.4) is 0 Å². The second-order valence-corrected chi connectivity index (χ2v) is 4.84. The minimum atomic E-state index is -0.0829. The second kappa shape index (κ2) is 4.62. The standard InChI is InChI=1S/C12H18N4O2/c13-9-7-11(16(8-9)10-1-2-10)12(17)14-15-3-5-18-6-4-15/h7-8,10H,1-6,13H2,(H,14,17). The Kier molecular flexibility index (Phi) is 2.97. The lowest BCUT2D eigenvalue weighted by molar-refractivity contribution is 0.0123. The van der Waals surface area contributed by atoms with Crippen molar-refractivity contribution in [2.75, 3.05) is 32.0 Å². The SMILES string of the molecule is Nc1cc(C(=O)NN2CCOCC2)n(C2CC2)c1. The number of nitrogen functional groups attached to an aromatic ring is 1. The molecule has 1 aromatic heterocycles. The number of aromatic nitrogens is 1. The number of hydrazine groups is 1. The van der Waals surface area contributed by atoms with Crippen molar-refractivity contribution in [2.45, 2.75) is 18.9 Å². The number of carbonyl (C=O) groups excluding carboxylic acids is 1. The van der Waals surface area contributed by atoms with Gasteiger partial charge in [-0.2, -0.15) is 0 Å². The quantitative estimate of drug-likeness (QED) is 0.813. The molecule has 2 aliphatic rings. The molecule has 1 amide bonds. The zero-order valence-electron chi connectivity index (χ0n) is 10.3. The van der Waals surface area contributed by atoms with Crippen LogP contribution in [0.2, 0.25) is 0 Å². The molecule has 98 valence electrons. The van der Waals surface area contributed by atoms with Gasteiger partial charge >= 0.3 is 0 Å². The summed E-state index contributed by atoms with van der Waals surface area (Å²) in [5.41, 5.74) is 9.99. The molecule has 1 aromatic rings. The number of amides is 1. The molecule has 1 saturated carbocycles. The van der Waals surface area contributed by atoms with Crippen molar-refractivity contribution in [2.24, 2.45) is 0 Å². The van der Waals surface area contributed by atoms with Crippen molar-refractivity contribution < 1.29 is 9.53 Å². The first kappa shape index (κ1) is 11.6. The van der Waals surface area contributed by atoms with E-state index in [4.69, 9.17) is 10.5 Å². The molecule has 0 atom stereocenters. The molecule has 1 aliphatic carbocycles. The maximum atomic E-state index is 12.2. The highest BCUT2D eigenvalue weighted by Crippen LogP contribution is 2.37. The monoisotopic (exact) mass is 250 g/mol. The maximum Gasteiger partial charge on any atom is 0.282 e. The zero-order valence-corrected chi connectivity index (χ0v) is 10.3. The predicted octanol–water partition coefficient (Wildman–Crippen LogP) is 0.382. The molecule has 0 bridgehead atoms. The van der Waals surface area contributed by atoms with Crippen molar-refractivity contribution in [3.05, 3.63) is 18.0 Å². The Morgan fingerprint density at radius 2 is 2.11 bits per heavy atom. The van der Waals surface area contributed by atoms with Crippen LogP contribution >= 0.6 is 0 Å². The van der Waals surface area contributed by atoms with Crippen LogP contribution in [-0.2, 0) is 4.74 Å². The van der Waals surface area contributed by atoms with Gasteiger partial charge in [-0.25, -0.2) is 5.01 Å². The van der Waals surface area contributed by atoms with Crippen LogP contribution in [0, 0.1) is 0 Å². The third kappa shape index (κ3) is 2.34. The van der Waals surface area contributed by atoms with Gasteiger partial charge in [-0.1, -0.05) is 0 Å². The normalized spacial score (nSPS) is 20.9. The van der Waals surface area contributed by atoms with Gasteiger partial charge in [-0.15, -0.1) is 0 Å². The summed E-state index contributed by atoms with van der Waals surface area (Å²) in [5.74, 6) is -0.0829. The molecule has 0 aromatic carbocycles. The van der Waals surface area contributed by atoms with Gasteiger partial charge in [0.2, 0.25) is 0 Å². The van der Waals surface area contributed by atoms with E-state index in [1.54, 1.807) is 6.07 Å². The van der Waals surface area contributed by atoms with Crippen LogP contribution in [0.4, 0.5) is 5.69 Å². The lowest BCUT2D eigenvalue weighted by Gasteiger charge is -2.27. The summed E-state index contributed by atoms with van der Waals surface area (Å²) in [5, 5.41) is 1.90. The first-order valence-electron chi connectivity index (χ1n) is 6.35. The van der Waals surface area contributed by atoms with Crippen molar-refractivity contribution in [1.29, 1.82) is 0 Å². The van der Waals surface area contributed by atoms with E-state index in [0.29, 0.717) is 30.6 Å². The Labute approximate surface area is 106 Å². The number of rotatable bonds is 3. The predicted molar refractivity (Wildman–Crippen MR) is 67.0 cm³/mol. The van der Waals surface area contributed by atoms with Gasteiger partial charge in [-0.05, 0) is 18.9 Å². The summed E-state index contributed by atoms with van der Waals surface area (Å²) >= 11 is 0. The molecule has 0 spiro atoms. The fraction of sp³-hybridized carbons (Fsp3) is 0.583. The summed E-state index contributed by atoms with van der Waals surface area (Å²) in [6.45, 7) is 2.77. The van der Waals surface area contributed by atoms with Crippen molar-refractivity contribution >= 4 is 11.6 Å². The first-order chi connectivity index (χ1) is 8.74. The van der Waals surface area contributed by atoms with Gasteiger partial charge in [0.1, 0.15) is 5.69 Å². The minimum Gasteiger partial charge on any atom is -0.397 e. The zero-order chi connectivity index (χ0) is 12.5. The molecule has 3 N–H and O–H groups in total. The van der Waals surface area contributed by atoms with Gasteiger partial charge in [0.15, 0.2) is 0 Å². The van der Waals surface area contributed by atoms with Gasteiger partial charge in [0.25, 0.3) is 5.91 Å². The maximum absolute atomic E-state index is 12.2. The van der Waals surface area contributed by atoms with Gasteiger partial charge in [0.05, 0.1) is 18.9 Å². The van der Waals surface area contributed by atoms with Crippen LogP contribution in [-0.4, -0.2) is 41.8 Å². The Bertz CT molecular complexity index is 447. The lowest BCUT2D eigenvalue weighted by atomic mass is 10.4. The summed E-state index contributed by atoms with van der Waals surface area (Å²) in [6.07, 6.45) is 4.11. The van der Waals surface area contributed by atoms with Crippen molar-refractivity contribution in [1.82, 2.24) is 15.0 Å². The number of morpholine rings is 1. The van der Waals surface area contributed by atoms with Gasteiger partial charge < -0.3 is 15.0 Å². The van der Waals surface area contributed by atoms with Gasteiger partial charge in [0, 0.05) is 25.3 Å². The Balaban J connectivity index is 1.71. The molecule has 2 heterocycles. The molecule has 18 heavy (non-hydrogen) atoms. The second-order valence-electron chi connectivity index (χ2n) is 4.84. The molecule has 0 radical (unpaired) electrons. The highest BCUT2D eigenvalue weighted by molar-refractivity contribution is 5.93.